The average Bonchev–Trinajstić information content (AvgIpc) is 2.19. The summed E-state index contributed by atoms with van der Waals surface area (Å²) in [5, 5.41) is 0.661. The van der Waals surface area contributed by atoms with Crippen molar-refractivity contribution < 1.29 is 9.47 Å². The zero-order chi connectivity index (χ0) is 11.4. The molecule has 0 aliphatic carbocycles. The van der Waals surface area contributed by atoms with Gasteiger partial charge in [-0.15, -0.1) is 11.8 Å². The van der Waals surface area contributed by atoms with Crippen molar-refractivity contribution in [3.05, 3.63) is 27.2 Å². The predicted octanol–water partition coefficient (Wildman–Crippen LogP) is 3.20. The van der Waals surface area contributed by atoms with Crippen molar-refractivity contribution in [3.8, 4) is 0 Å². The minimum absolute atomic E-state index is 0. The van der Waals surface area contributed by atoms with Crippen LogP contribution in [0.25, 0.3) is 0 Å². The van der Waals surface area contributed by atoms with Crippen LogP contribution < -0.4 is 0 Å². The summed E-state index contributed by atoms with van der Waals surface area (Å²) in [6.45, 7) is 0. The minimum atomic E-state index is -0.387. The van der Waals surface area contributed by atoms with Gasteiger partial charge in [0.05, 0.1) is 0 Å². The van der Waals surface area contributed by atoms with E-state index in [4.69, 9.17) is 21.1 Å². The first-order chi connectivity index (χ1) is 7.13. The van der Waals surface area contributed by atoms with E-state index in [9.17, 15) is 0 Å². The Morgan fingerprint density at radius 2 is 1.88 bits per heavy atom. The fourth-order valence-electron chi connectivity index (χ4n) is 1.32. The molecule has 0 amide bonds. The number of benzene rings is 1. The molecule has 0 aromatic heterocycles. The average molecular weight is 338 g/mol. The number of hydrogen-bond donors (Lipinski definition) is 0. The fraction of sp³-hybridized carbons (Fsp3) is 0.400. The Hall–Kier alpha value is 1.03. The molecule has 0 radical (unpaired) electrons. The van der Waals surface area contributed by atoms with Crippen molar-refractivity contribution in [1.82, 2.24) is 0 Å². The van der Waals surface area contributed by atoms with Crippen LogP contribution in [0.2, 0.25) is 5.02 Å². The summed E-state index contributed by atoms with van der Waals surface area (Å²) in [4.78, 5) is 1.08. The first-order valence-corrected chi connectivity index (χ1v) is 6.62. The van der Waals surface area contributed by atoms with E-state index in [1.54, 1.807) is 26.0 Å². The molecule has 6 heteroatoms. The van der Waals surface area contributed by atoms with Crippen molar-refractivity contribution in [3.63, 3.8) is 0 Å². The van der Waals surface area contributed by atoms with E-state index < -0.39 is 0 Å². The normalized spacial score (nSPS) is 10.4. The molecule has 0 aliphatic rings. The molecule has 1 aromatic carbocycles. The number of rotatable bonds is 4. The highest BCUT2D eigenvalue weighted by atomic mass is 79.9. The zero-order valence-corrected chi connectivity index (χ0v) is 11.9. The maximum atomic E-state index is 5.99. The molecule has 0 N–H and O–H groups in total. The second-order valence-electron chi connectivity index (χ2n) is 2.81. The molecule has 0 bridgehead atoms. The molecular formula is C10H14BrClMgO2S. The Bertz CT molecular complexity index is 348. The van der Waals surface area contributed by atoms with Crippen LogP contribution in [-0.2, 0) is 9.47 Å². The molecule has 0 aliphatic heterocycles. The van der Waals surface area contributed by atoms with E-state index in [1.165, 1.54) is 0 Å². The predicted molar refractivity (Wildman–Crippen MR) is 76.2 cm³/mol. The molecule has 0 spiro atoms. The molecule has 1 aromatic rings. The van der Waals surface area contributed by atoms with Gasteiger partial charge in [0.1, 0.15) is 0 Å². The largest absolute Gasteiger partial charge is 0.352 e. The Kier molecular flexibility index (Phi) is 8.71. The van der Waals surface area contributed by atoms with E-state index in [0.717, 1.165) is 14.9 Å². The molecule has 16 heavy (non-hydrogen) atoms. The summed E-state index contributed by atoms with van der Waals surface area (Å²) in [6, 6.07) is 3.72. The molecule has 0 fully saturated rings. The molecule has 1 rings (SSSR count). The minimum Gasteiger partial charge on any atom is -0.352 e. The lowest BCUT2D eigenvalue weighted by Crippen LogP contribution is -2.05. The van der Waals surface area contributed by atoms with Gasteiger partial charge in [-0.3, -0.25) is 0 Å². The van der Waals surface area contributed by atoms with Gasteiger partial charge < -0.3 is 9.47 Å². The van der Waals surface area contributed by atoms with Crippen molar-refractivity contribution >= 4 is 62.3 Å². The third kappa shape index (κ3) is 4.05. The third-order valence-corrected chi connectivity index (χ3v) is 3.89. The van der Waals surface area contributed by atoms with Crippen LogP contribution in [0.15, 0.2) is 21.5 Å². The molecule has 2 nitrogen and oxygen atoms in total. The van der Waals surface area contributed by atoms with Crippen LogP contribution in [0.3, 0.4) is 0 Å². The Labute approximate surface area is 130 Å². The second kappa shape index (κ2) is 8.18. The fourth-order valence-corrected chi connectivity index (χ4v) is 3.29. The van der Waals surface area contributed by atoms with Gasteiger partial charge in [0.2, 0.25) is 0 Å². The number of halogens is 2. The summed E-state index contributed by atoms with van der Waals surface area (Å²) in [6.07, 6.45) is 1.61. The number of methoxy groups -OCH3 is 2. The van der Waals surface area contributed by atoms with Crippen LogP contribution in [0.1, 0.15) is 11.9 Å². The van der Waals surface area contributed by atoms with Gasteiger partial charge in [-0.05, 0) is 34.3 Å². The maximum absolute atomic E-state index is 5.99. The number of hydrogen-bond acceptors (Lipinski definition) is 3. The number of thioether (sulfide) groups is 1. The molecule has 0 atom stereocenters. The Balaban J connectivity index is 0.00000225. The summed E-state index contributed by atoms with van der Waals surface area (Å²) in [7, 11) is 3.21. The van der Waals surface area contributed by atoms with Gasteiger partial charge in [-0.25, -0.2) is 0 Å². The van der Waals surface area contributed by atoms with Gasteiger partial charge in [0, 0.05) is 34.2 Å². The molecule has 0 saturated heterocycles. The monoisotopic (exact) mass is 336 g/mol. The smallest absolute Gasteiger partial charge is 0.316 e. The lowest BCUT2D eigenvalue weighted by molar-refractivity contribution is -0.107. The van der Waals surface area contributed by atoms with E-state index in [-0.39, 0.29) is 29.3 Å². The van der Waals surface area contributed by atoms with Gasteiger partial charge in [0.25, 0.3) is 0 Å². The SMILES string of the molecule is COC(OC)c1cc(Cl)cc(Br)c1SC.[MgH2]. The zero-order valence-electron chi connectivity index (χ0n) is 8.71. The van der Waals surface area contributed by atoms with Gasteiger partial charge in [-0.2, -0.15) is 0 Å². The molecule has 88 valence electrons. The van der Waals surface area contributed by atoms with Crippen molar-refractivity contribution in [1.29, 1.82) is 0 Å². The van der Waals surface area contributed by atoms with Crippen LogP contribution in [0.4, 0.5) is 0 Å². The van der Waals surface area contributed by atoms with Gasteiger partial charge in [0.15, 0.2) is 6.29 Å². The molecular weight excluding hydrogens is 324 g/mol. The van der Waals surface area contributed by atoms with Crippen molar-refractivity contribution in [2.45, 2.75) is 11.2 Å². The summed E-state index contributed by atoms with van der Waals surface area (Å²) in [5.74, 6) is 0. The van der Waals surface area contributed by atoms with Crippen molar-refractivity contribution in [2.75, 3.05) is 20.5 Å². The van der Waals surface area contributed by atoms with Gasteiger partial charge >= 0.3 is 23.1 Å². The summed E-state index contributed by atoms with van der Waals surface area (Å²) >= 11 is 11.1. The Morgan fingerprint density at radius 3 is 2.31 bits per heavy atom. The van der Waals surface area contributed by atoms with E-state index >= 15 is 0 Å². The standard InChI is InChI=1S/C10H12BrClO2S.Mg.2H/c1-13-10(14-2)7-4-6(12)5-8(11)9(7)15-3;;;/h4-5,10H,1-3H3;;;. The van der Waals surface area contributed by atoms with E-state index in [2.05, 4.69) is 15.9 Å². The van der Waals surface area contributed by atoms with Crippen molar-refractivity contribution in [2.24, 2.45) is 0 Å². The molecule has 0 unspecified atom stereocenters. The maximum Gasteiger partial charge on any atom is 0.316 e. The third-order valence-electron chi connectivity index (χ3n) is 1.92. The molecule has 0 heterocycles. The van der Waals surface area contributed by atoms with E-state index in [1.807, 2.05) is 18.4 Å². The van der Waals surface area contributed by atoms with E-state index in [0.29, 0.717) is 5.02 Å². The van der Waals surface area contributed by atoms with Crippen LogP contribution in [0.5, 0.6) is 0 Å². The lowest BCUT2D eigenvalue weighted by Gasteiger charge is -2.18. The first kappa shape index (κ1) is 17.0. The van der Waals surface area contributed by atoms with Crippen LogP contribution >= 0.6 is 39.3 Å². The molecule has 0 saturated carbocycles. The lowest BCUT2D eigenvalue weighted by atomic mass is 10.2. The second-order valence-corrected chi connectivity index (χ2v) is 4.92. The highest BCUT2D eigenvalue weighted by Gasteiger charge is 2.16. The summed E-state index contributed by atoms with van der Waals surface area (Å²) < 4.78 is 11.4. The Morgan fingerprint density at radius 1 is 1.31 bits per heavy atom. The quantitative estimate of drug-likeness (QED) is 0.477. The topological polar surface area (TPSA) is 18.5 Å². The van der Waals surface area contributed by atoms with Crippen LogP contribution in [0, 0.1) is 0 Å². The number of ether oxygens (including phenoxy) is 2. The van der Waals surface area contributed by atoms with Crippen LogP contribution in [-0.4, -0.2) is 43.5 Å². The highest BCUT2D eigenvalue weighted by molar-refractivity contribution is 9.10. The summed E-state index contributed by atoms with van der Waals surface area (Å²) in [5.41, 5.74) is 0.937. The first-order valence-electron chi connectivity index (χ1n) is 4.22. The van der Waals surface area contributed by atoms with Gasteiger partial charge in [-0.1, -0.05) is 11.6 Å². The highest BCUT2D eigenvalue weighted by Crippen LogP contribution is 2.36.